The lowest BCUT2D eigenvalue weighted by Crippen LogP contribution is -2.15. The summed E-state index contributed by atoms with van der Waals surface area (Å²) in [7, 11) is 1.52. The van der Waals surface area contributed by atoms with Crippen molar-refractivity contribution in [2.75, 3.05) is 12.4 Å². The van der Waals surface area contributed by atoms with Crippen molar-refractivity contribution in [3.8, 4) is 5.75 Å². The number of rotatable bonds is 4. The predicted octanol–water partition coefficient (Wildman–Crippen LogP) is 3.79. The molecule has 0 saturated carbocycles. The van der Waals surface area contributed by atoms with Gasteiger partial charge in [-0.3, -0.25) is 4.79 Å². The molecule has 110 valence electrons. The first-order chi connectivity index (χ1) is 10.1. The van der Waals surface area contributed by atoms with Gasteiger partial charge in [0.2, 0.25) is 0 Å². The highest BCUT2D eigenvalue weighted by Gasteiger charge is 2.15. The summed E-state index contributed by atoms with van der Waals surface area (Å²) in [5, 5.41) is 2.44. The number of ether oxygens (including phenoxy) is 1. The first-order valence-electron chi connectivity index (χ1n) is 6.49. The van der Waals surface area contributed by atoms with Crippen LogP contribution in [0.5, 0.6) is 5.75 Å². The Morgan fingerprint density at radius 1 is 1.24 bits per heavy atom. The smallest absolute Gasteiger partial charge is 0.256 e. The van der Waals surface area contributed by atoms with E-state index in [1.165, 1.54) is 13.2 Å². The summed E-state index contributed by atoms with van der Waals surface area (Å²) >= 11 is 0. The molecule has 0 bridgehead atoms. The maximum absolute atomic E-state index is 13.6. The highest BCUT2D eigenvalue weighted by atomic mass is 19.1. The minimum absolute atomic E-state index is 0.0636. The van der Waals surface area contributed by atoms with E-state index in [0.717, 1.165) is 17.7 Å². The van der Waals surface area contributed by atoms with Gasteiger partial charge in [-0.1, -0.05) is 13.0 Å². The molecule has 0 fully saturated rings. The summed E-state index contributed by atoms with van der Waals surface area (Å²) in [6.07, 6.45) is 0.596. The van der Waals surface area contributed by atoms with E-state index in [0.29, 0.717) is 17.7 Å². The topological polar surface area (TPSA) is 38.3 Å². The van der Waals surface area contributed by atoms with Crippen LogP contribution in [0.25, 0.3) is 0 Å². The molecule has 3 nitrogen and oxygen atoms in total. The van der Waals surface area contributed by atoms with Gasteiger partial charge in [-0.2, -0.15) is 0 Å². The SMILES string of the molecule is CCc1c(OC)cccc1C(=O)Nc1ccc(F)cc1F. The number of halogens is 2. The van der Waals surface area contributed by atoms with Crippen LogP contribution in [0, 0.1) is 11.6 Å². The highest BCUT2D eigenvalue weighted by Crippen LogP contribution is 2.24. The number of carbonyl (C=O) groups excluding carboxylic acids is 1. The zero-order valence-electron chi connectivity index (χ0n) is 11.7. The number of hydrogen-bond acceptors (Lipinski definition) is 2. The molecular weight excluding hydrogens is 276 g/mol. The molecule has 0 spiro atoms. The maximum Gasteiger partial charge on any atom is 0.256 e. The Balaban J connectivity index is 2.32. The number of anilines is 1. The molecule has 5 heteroatoms. The molecule has 2 aromatic carbocycles. The van der Waals surface area contributed by atoms with E-state index in [2.05, 4.69) is 5.32 Å². The Morgan fingerprint density at radius 2 is 2.00 bits per heavy atom. The van der Waals surface area contributed by atoms with Gasteiger partial charge >= 0.3 is 0 Å². The summed E-state index contributed by atoms with van der Waals surface area (Å²) in [5.41, 5.74) is 1.08. The van der Waals surface area contributed by atoms with Gasteiger partial charge in [0.1, 0.15) is 17.4 Å². The minimum atomic E-state index is -0.815. The van der Waals surface area contributed by atoms with Crippen molar-refractivity contribution >= 4 is 11.6 Å². The van der Waals surface area contributed by atoms with Gasteiger partial charge in [0, 0.05) is 17.2 Å². The molecular formula is C16H15F2NO2. The second-order valence-corrected chi connectivity index (χ2v) is 4.42. The monoisotopic (exact) mass is 291 g/mol. The Kier molecular flexibility index (Phi) is 4.52. The van der Waals surface area contributed by atoms with Gasteiger partial charge in [0.15, 0.2) is 0 Å². The molecule has 0 atom stereocenters. The molecule has 0 unspecified atom stereocenters. The van der Waals surface area contributed by atoms with Gasteiger partial charge in [-0.15, -0.1) is 0 Å². The van der Waals surface area contributed by atoms with Gasteiger partial charge in [0.05, 0.1) is 12.8 Å². The molecule has 0 aliphatic rings. The number of amides is 1. The Labute approximate surface area is 121 Å². The Bertz CT molecular complexity index is 671. The third kappa shape index (κ3) is 3.18. The van der Waals surface area contributed by atoms with E-state index in [1.54, 1.807) is 18.2 Å². The third-order valence-electron chi connectivity index (χ3n) is 3.13. The Hall–Kier alpha value is -2.43. The first-order valence-corrected chi connectivity index (χ1v) is 6.49. The van der Waals surface area contributed by atoms with E-state index in [9.17, 15) is 13.6 Å². The molecule has 1 N–H and O–H groups in total. The van der Waals surface area contributed by atoms with Crippen LogP contribution in [0.4, 0.5) is 14.5 Å². The highest BCUT2D eigenvalue weighted by molar-refractivity contribution is 6.05. The number of hydrogen-bond donors (Lipinski definition) is 1. The van der Waals surface area contributed by atoms with Gasteiger partial charge in [0.25, 0.3) is 5.91 Å². The lowest BCUT2D eigenvalue weighted by molar-refractivity contribution is 0.102. The fraction of sp³-hybridized carbons (Fsp3) is 0.188. The fourth-order valence-electron chi connectivity index (χ4n) is 2.11. The van der Waals surface area contributed by atoms with Crippen molar-refractivity contribution in [2.24, 2.45) is 0 Å². The van der Waals surface area contributed by atoms with Crippen LogP contribution < -0.4 is 10.1 Å². The lowest BCUT2D eigenvalue weighted by atomic mass is 10.0. The Morgan fingerprint density at radius 3 is 2.62 bits per heavy atom. The number of benzene rings is 2. The number of nitrogens with one attached hydrogen (secondary N) is 1. The largest absolute Gasteiger partial charge is 0.496 e. The van der Waals surface area contributed by atoms with Crippen LogP contribution >= 0.6 is 0 Å². The van der Waals surface area contributed by atoms with Crippen molar-refractivity contribution in [1.29, 1.82) is 0 Å². The second kappa shape index (κ2) is 6.35. The number of carbonyl (C=O) groups is 1. The molecule has 2 rings (SSSR count). The van der Waals surface area contributed by atoms with E-state index in [1.807, 2.05) is 6.92 Å². The summed E-state index contributed by atoms with van der Waals surface area (Å²) in [6, 6.07) is 8.08. The molecule has 21 heavy (non-hydrogen) atoms. The average Bonchev–Trinajstić information content (AvgIpc) is 2.49. The average molecular weight is 291 g/mol. The molecule has 0 heterocycles. The summed E-state index contributed by atoms with van der Waals surface area (Å²) in [6.45, 7) is 1.90. The third-order valence-corrected chi connectivity index (χ3v) is 3.13. The van der Waals surface area contributed by atoms with Crippen molar-refractivity contribution < 1.29 is 18.3 Å². The zero-order valence-corrected chi connectivity index (χ0v) is 11.7. The van der Waals surface area contributed by atoms with Gasteiger partial charge in [-0.25, -0.2) is 8.78 Å². The van der Waals surface area contributed by atoms with Gasteiger partial charge < -0.3 is 10.1 Å². The van der Waals surface area contributed by atoms with E-state index >= 15 is 0 Å². The molecule has 0 radical (unpaired) electrons. The van der Waals surface area contributed by atoms with Crippen molar-refractivity contribution in [3.05, 3.63) is 59.2 Å². The van der Waals surface area contributed by atoms with Crippen LogP contribution in [-0.2, 0) is 6.42 Å². The van der Waals surface area contributed by atoms with E-state index < -0.39 is 17.5 Å². The second-order valence-electron chi connectivity index (χ2n) is 4.42. The molecule has 0 saturated heterocycles. The maximum atomic E-state index is 13.6. The standard InChI is InChI=1S/C16H15F2NO2/c1-3-11-12(5-4-6-15(11)21-2)16(20)19-14-8-7-10(17)9-13(14)18/h4-9H,3H2,1-2H3,(H,19,20). The van der Waals surface area contributed by atoms with Crippen LogP contribution in [0.15, 0.2) is 36.4 Å². The van der Waals surface area contributed by atoms with E-state index in [4.69, 9.17) is 4.74 Å². The minimum Gasteiger partial charge on any atom is -0.496 e. The van der Waals surface area contributed by atoms with Crippen molar-refractivity contribution in [1.82, 2.24) is 0 Å². The van der Waals surface area contributed by atoms with Gasteiger partial charge in [-0.05, 0) is 30.7 Å². The van der Waals surface area contributed by atoms with Crippen molar-refractivity contribution in [2.45, 2.75) is 13.3 Å². The van der Waals surface area contributed by atoms with Crippen molar-refractivity contribution in [3.63, 3.8) is 0 Å². The van der Waals surface area contributed by atoms with Crippen LogP contribution in [0.3, 0.4) is 0 Å². The molecule has 0 aliphatic carbocycles. The summed E-state index contributed by atoms with van der Waals surface area (Å²) in [5.74, 6) is -1.37. The molecule has 0 aromatic heterocycles. The normalized spacial score (nSPS) is 10.3. The van der Waals surface area contributed by atoms with Crippen LogP contribution in [0.1, 0.15) is 22.8 Å². The quantitative estimate of drug-likeness (QED) is 0.930. The summed E-state index contributed by atoms with van der Waals surface area (Å²) in [4.78, 5) is 12.3. The molecule has 2 aromatic rings. The molecule has 1 amide bonds. The molecule has 0 aliphatic heterocycles. The zero-order chi connectivity index (χ0) is 15.4. The number of methoxy groups -OCH3 is 1. The van der Waals surface area contributed by atoms with Crippen LogP contribution in [0.2, 0.25) is 0 Å². The first kappa shape index (κ1) is 15.0. The van der Waals surface area contributed by atoms with Crippen LogP contribution in [-0.4, -0.2) is 13.0 Å². The summed E-state index contributed by atoms with van der Waals surface area (Å²) < 4.78 is 31.6. The lowest BCUT2D eigenvalue weighted by Gasteiger charge is -2.13. The van der Waals surface area contributed by atoms with E-state index in [-0.39, 0.29) is 5.69 Å². The fourth-order valence-corrected chi connectivity index (χ4v) is 2.11. The predicted molar refractivity (Wildman–Crippen MR) is 76.7 cm³/mol.